The lowest BCUT2D eigenvalue weighted by atomic mass is 10.1. The summed E-state index contributed by atoms with van der Waals surface area (Å²) >= 11 is 1.28. The third-order valence-corrected chi connectivity index (χ3v) is 4.12. The fourth-order valence-electron chi connectivity index (χ4n) is 2.02. The first-order chi connectivity index (χ1) is 10.5. The summed E-state index contributed by atoms with van der Waals surface area (Å²) in [5, 5.41) is 17.6. The van der Waals surface area contributed by atoms with Crippen molar-refractivity contribution in [3.63, 3.8) is 0 Å². The minimum atomic E-state index is -1.04. The molecule has 0 fully saturated rings. The largest absolute Gasteiger partial charge is 0.476 e. The number of aromatic carboxylic acids is 1. The molecule has 2 heterocycles. The van der Waals surface area contributed by atoms with Gasteiger partial charge in [-0.15, -0.1) is 11.3 Å². The van der Waals surface area contributed by atoms with E-state index in [1.54, 1.807) is 0 Å². The summed E-state index contributed by atoms with van der Waals surface area (Å²) in [6.45, 7) is 4.12. The number of aromatic nitrogens is 2. The van der Waals surface area contributed by atoms with Crippen molar-refractivity contribution in [2.45, 2.75) is 33.1 Å². The molecule has 2 aromatic rings. The molecule has 0 unspecified atom stereocenters. The van der Waals surface area contributed by atoms with Gasteiger partial charge in [-0.2, -0.15) is 0 Å². The molecule has 0 aromatic carbocycles. The number of nitrogens with zero attached hydrogens (tertiary/aromatic N) is 2. The molecule has 2 rings (SSSR count). The highest BCUT2D eigenvalue weighted by atomic mass is 32.1. The highest BCUT2D eigenvalue weighted by Crippen LogP contribution is 2.14. The average Bonchev–Trinajstić information content (AvgIpc) is 3.05. The van der Waals surface area contributed by atoms with Gasteiger partial charge >= 0.3 is 5.97 Å². The van der Waals surface area contributed by atoms with Gasteiger partial charge in [-0.05, 0) is 20.3 Å². The molecule has 0 saturated carbocycles. The molecule has 8 heteroatoms. The number of carboxylic acid groups (broad SMARTS) is 1. The topological polar surface area (TPSA) is 105 Å². The van der Waals surface area contributed by atoms with Crippen molar-refractivity contribution in [3.8, 4) is 0 Å². The van der Waals surface area contributed by atoms with Crippen LogP contribution in [-0.4, -0.2) is 33.7 Å². The predicted octanol–water partition coefficient (Wildman–Crippen LogP) is 1.74. The predicted molar refractivity (Wildman–Crippen MR) is 80.1 cm³/mol. The lowest BCUT2D eigenvalue weighted by Gasteiger charge is -2.03. The number of hydrogen-bond donors (Lipinski definition) is 2. The third kappa shape index (κ3) is 4.14. The highest BCUT2D eigenvalue weighted by molar-refractivity contribution is 7.09. The van der Waals surface area contributed by atoms with E-state index in [4.69, 9.17) is 9.63 Å². The average molecular weight is 323 g/mol. The molecule has 2 aromatic heterocycles. The summed E-state index contributed by atoms with van der Waals surface area (Å²) in [6, 6.07) is 0. The van der Waals surface area contributed by atoms with Gasteiger partial charge in [0, 0.05) is 30.3 Å². The number of hydrogen-bond acceptors (Lipinski definition) is 6. The van der Waals surface area contributed by atoms with Gasteiger partial charge in [-0.3, -0.25) is 4.79 Å². The van der Waals surface area contributed by atoms with E-state index in [9.17, 15) is 9.59 Å². The molecular formula is C14H17N3O4S. The smallest absolute Gasteiger partial charge is 0.355 e. The first kappa shape index (κ1) is 16.2. The second-order valence-corrected chi connectivity index (χ2v) is 5.78. The van der Waals surface area contributed by atoms with Crippen LogP contribution in [0.5, 0.6) is 0 Å². The van der Waals surface area contributed by atoms with Crippen molar-refractivity contribution in [1.29, 1.82) is 0 Å². The standard InChI is InChI=1S/C14H17N3O4S/c1-8-10(9(2)21-17-8)3-4-12(18)15-6-5-13-16-11(7-22-13)14(19)20/h7H,3-6H2,1-2H3,(H,15,18)(H,19,20). The lowest BCUT2D eigenvalue weighted by Crippen LogP contribution is -2.26. The number of rotatable bonds is 7. The Hall–Kier alpha value is -2.22. The molecule has 0 spiro atoms. The van der Waals surface area contributed by atoms with Gasteiger partial charge in [-0.1, -0.05) is 5.16 Å². The van der Waals surface area contributed by atoms with E-state index in [2.05, 4.69) is 15.5 Å². The number of carbonyl (C=O) groups is 2. The molecule has 0 aliphatic heterocycles. The SMILES string of the molecule is Cc1noc(C)c1CCC(=O)NCCc1nc(C(=O)O)cs1. The number of carbonyl (C=O) groups excluding carboxylic acids is 1. The molecule has 0 bridgehead atoms. The van der Waals surface area contributed by atoms with Gasteiger partial charge in [0.2, 0.25) is 5.91 Å². The highest BCUT2D eigenvalue weighted by Gasteiger charge is 2.12. The minimum Gasteiger partial charge on any atom is -0.476 e. The molecule has 0 aliphatic carbocycles. The van der Waals surface area contributed by atoms with Crippen LogP contribution >= 0.6 is 11.3 Å². The Bertz CT molecular complexity index is 658. The number of carboxylic acids is 1. The van der Waals surface area contributed by atoms with E-state index in [1.807, 2.05) is 13.8 Å². The normalized spacial score (nSPS) is 10.6. The molecule has 2 N–H and O–H groups in total. The Morgan fingerprint density at radius 2 is 2.14 bits per heavy atom. The Balaban J connectivity index is 1.72. The van der Waals surface area contributed by atoms with Crippen molar-refractivity contribution >= 4 is 23.2 Å². The van der Waals surface area contributed by atoms with Gasteiger partial charge in [-0.25, -0.2) is 9.78 Å². The first-order valence-corrected chi connectivity index (χ1v) is 7.71. The van der Waals surface area contributed by atoms with Crippen molar-refractivity contribution in [1.82, 2.24) is 15.5 Å². The zero-order valence-corrected chi connectivity index (χ0v) is 13.2. The molecule has 7 nitrogen and oxygen atoms in total. The van der Waals surface area contributed by atoms with Crippen LogP contribution in [0.4, 0.5) is 0 Å². The van der Waals surface area contributed by atoms with Crippen LogP contribution in [0.25, 0.3) is 0 Å². The maximum absolute atomic E-state index is 11.8. The summed E-state index contributed by atoms with van der Waals surface area (Å²) in [7, 11) is 0. The second kappa shape index (κ2) is 7.17. The summed E-state index contributed by atoms with van der Waals surface area (Å²) in [4.78, 5) is 26.5. The van der Waals surface area contributed by atoms with Crippen LogP contribution in [-0.2, 0) is 17.6 Å². The molecule has 0 saturated heterocycles. The fourth-order valence-corrected chi connectivity index (χ4v) is 2.79. The van der Waals surface area contributed by atoms with E-state index >= 15 is 0 Å². The molecular weight excluding hydrogens is 306 g/mol. The van der Waals surface area contributed by atoms with E-state index in [0.29, 0.717) is 30.8 Å². The quantitative estimate of drug-likeness (QED) is 0.804. The summed E-state index contributed by atoms with van der Waals surface area (Å²) in [6.07, 6.45) is 1.48. The van der Waals surface area contributed by atoms with E-state index < -0.39 is 5.97 Å². The van der Waals surface area contributed by atoms with E-state index in [-0.39, 0.29) is 11.6 Å². The Labute approximate surface area is 131 Å². The summed E-state index contributed by atoms with van der Waals surface area (Å²) in [5.74, 6) is -0.352. The van der Waals surface area contributed by atoms with Crippen LogP contribution in [0.15, 0.2) is 9.90 Å². The van der Waals surface area contributed by atoms with Crippen LogP contribution in [0.2, 0.25) is 0 Å². The maximum Gasteiger partial charge on any atom is 0.355 e. The van der Waals surface area contributed by atoms with Crippen molar-refractivity contribution in [3.05, 3.63) is 33.1 Å². The van der Waals surface area contributed by atoms with E-state index in [1.165, 1.54) is 16.7 Å². The van der Waals surface area contributed by atoms with Crippen LogP contribution in [0.1, 0.15) is 38.9 Å². The van der Waals surface area contributed by atoms with Crippen molar-refractivity contribution in [2.24, 2.45) is 0 Å². The molecule has 0 atom stereocenters. The monoisotopic (exact) mass is 323 g/mol. The zero-order valence-electron chi connectivity index (χ0n) is 12.4. The number of amides is 1. The third-order valence-electron chi connectivity index (χ3n) is 3.22. The zero-order chi connectivity index (χ0) is 16.1. The number of thiazole rings is 1. The minimum absolute atomic E-state index is 0.0461. The Morgan fingerprint density at radius 3 is 2.73 bits per heavy atom. The molecule has 118 valence electrons. The molecule has 1 amide bonds. The van der Waals surface area contributed by atoms with Crippen LogP contribution in [0, 0.1) is 13.8 Å². The van der Waals surface area contributed by atoms with Gasteiger partial charge in [0.05, 0.1) is 10.7 Å². The lowest BCUT2D eigenvalue weighted by molar-refractivity contribution is -0.121. The summed E-state index contributed by atoms with van der Waals surface area (Å²) in [5.41, 5.74) is 1.83. The number of nitrogens with one attached hydrogen (secondary N) is 1. The van der Waals surface area contributed by atoms with Gasteiger partial charge in [0.25, 0.3) is 0 Å². The van der Waals surface area contributed by atoms with Gasteiger partial charge < -0.3 is 14.9 Å². The van der Waals surface area contributed by atoms with Gasteiger partial charge in [0.1, 0.15) is 5.76 Å². The second-order valence-electron chi connectivity index (χ2n) is 4.83. The summed E-state index contributed by atoms with van der Waals surface area (Å²) < 4.78 is 5.05. The molecule has 0 aliphatic rings. The van der Waals surface area contributed by atoms with E-state index in [0.717, 1.165) is 17.0 Å². The van der Waals surface area contributed by atoms with Crippen LogP contribution in [0.3, 0.4) is 0 Å². The van der Waals surface area contributed by atoms with Crippen molar-refractivity contribution in [2.75, 3.05) is 6.54 Å². The Kier molecular flexibility index (Phi) is 5.26. The number of aryl methyl sites for hydroxylation is 2. The van der Waals surface area contributed by atoms with Gasteiger partial charge in [0.15, 0.2) is 5.69 Å². The van der Waals surface area contributed by atoms with Crippen molar-refractivity contribution < 1.29 is 19.2 Å². The fraction of sp³-hybridized carbons (Fsp3) is 0.429. The first-order valence-electron chi connectivity index (χ1n) is 6.83. The van der Waals surface area contributed by atoms with Crippen LogP contribution < -0.4 is 5.32 Å². The molecule has 22 heavy (non-hydrogen) atoms. The molecule has 0 radical (unpaired) electrons. The Morgan fingerprint density at radius 1 is 1.36 bits per heavy atom. The maximum atomic E-state index is 11.8.